The highest BCUT2D eigenvalue weighted by Crippen LogP contribution is 2.33. The Morgan fingerprint density at radius 3 is 3.00 bits per heavy atom. The van der Waals surface area contributed by atoms with Gasteiger partial charge in [0.25, 0.3) is 0 Å². The zero-order valence-electron chi connectivity index (χ0n) is 10.0. The molecule has 6 heteroatoms. The molecule has 0 amide bonds. The second kappa shape index (κ2) is 4.53. The molecule has 0 aromatic carbocycles. The minimum Gasteiger partial charge on any atom is -0.475 e. The van der Waals surface area contributed by atoms with Crippen LogP contribution >= 0.6 is 0 Å². The molecule has 2 aliphatic heterocycles. The first kappa shape index (κ1) is 11.4. The van der Waals surface area contributed by atoms with Crippen LogP contribution in [-0.4, -0.2) is 48.3 Å². The van der Waals surface area contributed by atoms with Crippen LogP contribution in [0.2, 0.25) is 0 Å². The highest BCUT2D eigenvalue weighted by molar-refractivity contribution is 5.86. The maximum Gasteiger partial charge on any atom is 0.372 e. The molecule has 1 fully saturated rings. The van der Waals surface area contributed by atoms with E-state index in [1.54, 1.807) is 0 Å². The largest absolute Gasteiger partial charge is 0.475 e. The van der Waals surface area contributed by atoms with E-state index in [0.717, 1.165) is 19.6 Å². The third-order valence-corrected chi connectivity index (χ3v) is 3.36. The van der Waals surface area contributed by atoms with Crippen LogP contribution in [0.4, 0.5) is 5.69 Å². The first-order valence-electron chi connectivity index (χ1n) is 6.22. The maximum atomic E-state index is 10.8. The standard InChI is InChI=1S/C12H16N2O4/c15-11(16)10-5-9-12(18-10)17-8(6-13-9)7-14-3-1-2-4-14/h5,8,13H,1-4,6-7H2,(H,15,16). The Labute approximate surface area is 105 Å². The number of fused-ring (bicyclic) bond motifs is 1. The summed E-state index contributed by atoms with van der Waals surface area (Å²) in [5.41, 5.74) is 0.630. The second-order valence-corrected chi connectivity index (χ2v) is 4.75. The van der Waals surface area contributed by atoms with Crippen LogP contribution in [0.25, 0.3) is 0 Å². The van der Waals surface area contributed by atoms with Crippen LogP contribution in [0.5, 0.6) is 5.95 Å². The molecule has 1 saturated heterocycles. The molecule has 3 heterocycles. The van der Waals surface area contributed by atoms with Gasteiger partial charge in [0.2, 0.25) is 5.76 Å². The molecule has 1 unspecified atom stereocenters. The molecular weight excluding hydrogens is 236 g/mol. The number of hydrogen-bond acceptors (Lipinski definition) is 5. The number of aromatic carboxylic acids is 1. The SMILES string of the molecule is O=C(O)c1cc2c(o1)OC(CN1CCCC1)CN2. The van der Waals surface area contributed by atoms with E-state index in [1.165, 1.54) is 18.9 Å². The van der Waals surface area contributed by atoms with E-state index < -0.39 is 5.97 Å². The van der Waals surface area contributed by atoms with E-state index in [1.807, 2.05) is 0 Å². The van der Waals surface area contributed by atoms with Crippen molar-refractivity contribution >= 4 is 11.7 Å². The summed E-state index contributed by atoms with van der Waals surface area (Å²) in [5.74, 6) is -0.872. The average molecular weight is 252 g/mol. The Bertz CT molecular complexity index is 451. The first-order chi connectivity index (χ1) is 8.72. The van der Waals surface area contributed by atoms with Gasteiger partial charge in [0.05, 0.1) is 6.54 Å². The number of nitrogens with zero attached hydrogens (tertiary/aromatic N) is 1. The van der Waals surface area contributed by atoms with E-state index in [4.69, 9.17) is 14.3 Å². The number of ether oxygens (including phenoxy) is 1. The van der Waals surface area contributed by atoms with Crippen LogP contribution in [0.3, 0.4) is 0 Å². The Kier molecular flexibility index (Phi) is 2.87. The Hall–Kier alpha value is -1.69. The molecule has 2 aliphatic rings. The van der Waals surface area contributed by atoms with Crippen molar-refractivity contribution in [3.8, 4) is 5.95 Å². The van der Waals surface area contributed by atoms with Crippen molar-refractivity contribution in [2.45, 2.75) is 18.9 Å². The fraction of sp³-hybridized carbons (Fsp3) is 0.583. The number of anilines is 1. The zero-order chi connectivity index (χ0) is 12.5. The molecular formula is C12H16N2O4. The molecule has 1 atom stereocenters. The highest BCUT2D eigenvalue weighted by atomic mass is 16.6. The molecule has 1 aromatic heterocycles. The van der Waals surface area contributed by atoms with E-state index in [0.29, 0.717) is 18.2 Å². The lowest BCUT2D eigenvalue weighted by molar-refractivity contribution is 0.0639. The lowest BCUT2D eigenvalue weighted by Gasteiger charge is -2.27. The molecule has 2 N–H and O–H groups in total. The third kappa shape index (κ3) is 2.15. The molecule has 0 bridgehead atoms. The molecule has 0 aliphatic carbocycles. The van der Waals surface area contributed by atoms with Gasteiger partial charge in [-0.05, 0) is 25.9 Å². The topological polar surface area (TPSA) is 74.9 Å². The van der Waals surface area contributed by atoms with Gasteiger partial charge in [0.1, 0.15) is 11.8 Å². The van der Waals surface area contributed by atoms with Gasteiger partial charge in [-0.1, -0.05) is 0 Å². The van der Waals surface area contributed by atoms with Crippen LogP contribution in [0.1, 0.15) is 23.4 Å². The van der Waals surface area contributed by atoms with Gasteiger partial charge < -0.3 is 19.6 Å². The van der Waals surface area contributed by atoms with Crippen molar-refractivity contribution in [3.05, 3.63) is 11.8 Å². The Morgan fingerprint density at radius 2 is 2.28 bits per heavy atom. The summed E-state index contributed by atoms with van der Waals surface area (Å²) < 4.78 is 10.8. The molecule has 0 spiro atoms. The lowest BCUT2D eigenvalue weighted by Crippen LogP contribution is -2.40. The predicted molar refractivity (Wildman–Crippen MR) is 64.2 cm³/mol. The smallest absolute Gasteiger partial charge is 0.372 e. The fourth-order valence-electron chi connectivity index (χ4n) is 2.46. The van der Waals surface area contributed by atoms with Crippen molar-refractivity contribution in [2.24, 2.45) is 0 Å². The summed E-state index contributed by atoms with van der Waals surface area (Å²) >= 11 is 0. The van der Waals surface area contributed by atoms with Gasteiger partial charge in [-0.3, -0.25) is 4.90 Å². The minimum atomic E-state index is -1.08. The number of carboxylic acid groups (broad SMARTS) is 1. The number of hydrogen-bond donors (Lipinski definition) is 2. The van der Waals surface area contributed by atoms with E-state index in [-0.39, 0.29) is 11.9 Å². The number of furan rings is 1. The predicted octanol–water partition coefficient (Wildman–Crippen LogP) is 1.25. The quantitative estimate of drug-likeness (QED) is 0.843. The molecule has 3 rings (SSSR count). The van der Waals surface area contributed by atoms with Crippen LogP contribution in [0.15, 0.2) is 10.5 Å². The van der Waals surface area contributed by atoms with Crippen molar-refractivity contribution in [2.75, 3.05) is 31.5 Å². The summed E-state index contributed by atoms with van der Waals surface area (Å²) in [4.78, 5) is 13.2. The number of likely N-dealkylation sites (tertiary alicyclic amines) is 1. The number of nitrogens with one attached hydrogen (secondary N) is 1. The fourth-order valence-corrected chi connectivity index (χ4v) is 2.46. The van der Waals surface area contributed by atoms with Gasteiger partial charge >= 0.3 is 11.9 Å². The van der Waals surface area contributed by atoms with Crippen molar-refractivity contribution in [3.63, 3.8) is 0 Å². The molecule has 6 nitrogen and oxygen atoms in total. The Balaban J connectivity index is 1.66. The van der Waals surface area contributed by atoms with Gasteiger partial charge in [-0.15, -0.1) is 0 Å². The second-order valence-electron chi connectivity index (χ2n) is 4.75. The highest BCUT2D eigenvalue weighted by Gasteiger charge is 2.27. The monoisotopic (exact) mass is 252 g/mol. The number of rotatable bonds is 3. The molecule has 18 heavy (non-hydrogen) atoms. The van der Waals surface area contributed by atoms with Crippen molar-refractivity contribution in [1.29, 1.82) is 0 Å². The Morgan fingerprint density at radius 1 is 1.50 bits per heavy atom. The lowest BCUT2D eigenvalue weighted by atomic mass is 10.2. The zero-order valence-corrected chi connectivity index (χ0v) is 10.0. The van der Waals surface area contributed by atoms with E-state index in [9.17, 15) is 4.79 Å². The van der Waals surface area contributed by atoms with Crippen LogP contribution in [0, 0.1) is 0 Å². The normalized spacial score (nSPS) is 23.2. The van der Waals surface area contributed by atoms with Gasteiger partial charge in [0, 0.05) is 12.6 Å². The minimum absolute atomic E-state index is 0.0170. The van der Waals surface area contributed by atoms with E-state index in [2.05, 4.69) is 10.2 Å². The van der Waals surface area contributed by atoms with Crippen molar-refractivity contribution < 1.29 is 19.1 Å². The van der Waals surface area contributed by atoms with Gasteiger partial charge in [-0.2, -0.15) is 0 Å². The summed E-state index contributed by atoms with van der Waals surface area (Å²) in [6.07, 6.45) is 2.51. The number of carbonyl (C=O) groups is 1. The summed E-state index contributed by atoms with van der Waals surface area (Å²) in [5, 5.41) is 12.0. The first-order valence-corrected chi connectivity index (χ1v) is 6.22. The van der Waals surface area contributed by atoms with E-state index >= 15 is 0 Å². The summed E-state index contributed by atoms with van der Waals surface area (Å²) in [7, 11) is 0. The average Bonchev–Trinajstić information content (AvgIpc) is 2.96. The summed E-state index contributed by atoms with van der Waals surface area (Å²) in [6.45, 7) is 3.77. The molecule has 98 valence electrons. The number of carboxylic acids is 1. The third-order valence-electron chi connectivity index (χ3n) is 3.36. The maximum absolute atomic E-state index is 10.8. The molecule has 0 radical (unpaired) electrons. The molecule has 1 aromatic rings. The van der Waals surface area contributed by atoms with Crippen molar-refractivity contribution in [1.82, 2.24) is 4.90 Å². The van der Waals surface area contributed by atoms with Gasteiger partial charge in [-0.25, -0.2) is 4.79 Å². The molecule has 0 saturated carbocycles. The van der Waals surface area contributed by atoms with Crippen LogP contribution in [-0.2, 0) is 0 Å². The van der Waals surface area contributed by atoms with Crippen LogP contribution < -0.4 is 10.1 Å². The van der Waals surface area contributed by atoms with Gasteiger partial charge in [0.15, 0.2) is 0 Å². The summed E-state index contributed by atoms with van der Waals surface area (Å²) in [6, 6.07) is 1.46.